The molecule has 0 saturated carbocycles. The lowest BCUT2D eigenvalue weighted by atomic mass is 10.2. The van der Waals surface area contributed by atoms with Gasteiger partial charge in [0.2, 0.25) is 0 Å². The molecule has 0 atom stereocenters. The monoisotopic (exact) mass is 297 g/mol. The standard InChI is InChI=1S/C10H14Cl2NO3P/c11-5-7-13(8-6-12)9-1-3-10(4-2-9)16-17(14)15/h1-4,14-15H,5-8H2. The van der Waals surface area contributed by atoms with Gasteiger partial charge in [0.1, 0.15) is 5.75 Å². The van der Waals surface area contributed by atoms with Gasteiger partial charge < -0.3 is 19.2 Å². The normalized spacial score (nSPS) is 10.6. The Morgan fingerprint density at radius 1 is 1.06 bits per heavy atom. The summed E-state index contributed by atoms with van der Waals surface area (Å²) < 4.78 is 4.77. The molecular weight excluding hydrogens is 284 g/mol. The van der Waals surface area contributed by atoms with Crippen molar-refractivity contribution in [3.63, 3.8) is 0 Å². The summed E-state index contributed by atoms with van der Waals surface area (Å²) in [6.07, 6.45) is 0. The van der Waals surface area contributed by atoms with Crippen molar-refractivity contribution in [1.82, 2.24) is 0 Å². The Morgan fingerprint density at radius 2 is 1.59 bits per heavy atom. The van der Waals surface area contributed by atoms with Gasteiger partial charge in [0.25, 0.3) is 0 Å². The van der Waals surface area contributed by atoms with Crippen molar-refractivity contribution in [2.45, 2.75) is 0 Å². The van der Waals surface area contributed by atoms with Gasteiger partial charge in [-0.1, -0.05) is 0 Å². The van der Waals surface area contributed by atoms with Crippen LogP contribution in [0.15, 0.2) is 24.3 Å². The van der Waals surface area contributed by atoms with Crippen LogP contribution in [0.2, 0.25) is 0 Å². The van der Waals surface area contributed by atoms with Crippen molar-refractivity contribution in [2.75, 3.05) is 29.7 Å². The summed E-state index contributed by atoms with van der Waals surface area (Å²) in [5, 5.41) is 0. The predicted molar refractivity (Wildman–Crippen MR) is 72.1 cm³/mol. The maximum absolute atomic E-state index is 8.71. The van der Waals surface area contributed by atoms with Crippen LogP contribution in [0.3, 0.4) is 0 Å². The maximum Gasteiger partial charge on any atom is 0.391 e. The van der Waals surface area contributed by atoms with Crippen molar-refractivity contribution in [3.8, 4) is 5.75 Å². The average molecular weight is 298 g/mol. The minimum Gasteiger partial charge on any atom is -0.427 e. The SMILES string of the molecule is OP(O)Oc1ccc(N(CCCl)CCCl)cc1. The molecule has 0 heterocycles. The van der Waals surface area contributed by atoms with E-state index in [1.54, 1.807) is 12.1 Å². The van der Waals surface area contributed by atoms with Crippen molar-refractivity contribution in [2.24, 2.45) is 0 Å². The van der Waals surface area contributed by atoms with Crippen LogP contribution >= 0.6 is 31.8 Å². The van der Waals surface area contributed by atoms with Crippen LogP contribution in [0, 0.1) is 0 Å². The number of hydrogen-bond donors (Lipinski definition) is 2. The summed E-state index contributed by atoms with van der Waals surface area (Å²) in [4.78, 5) is 19.5. The molecule has 2 N–H and O–H groups in total. The summed E-state index contributed by atoms with van der Waals surface area (Å²) in [5.74, 6) is 1.46. The second-order valence-electron chi connectivity index (χ2n) is 3.20. The highest BCUT2D eigenvalue weighted by atomic mass is 35.5. The lowest BCUT2D eigenvalue weighted by molar-refractivity contribution is 0.375. The van der Waals surface area contributed by atoms with Gasteiger partial charge in [-0.25, -0.2) is 0 Å². The van der Waals surface area contributed by atoms with Crippen molar-refractivity contribution in [3.05, 3.63) is 24.3 Å². The number of nitrogens with zero attached hydrogens (tertiary/aromatic N) is 1. The van der Waals surface area contributed by atoms with E-state index >= 15 is 0 Å². The molecule has 0 amide bonds. The van der Waals surface area contributed by atoms with Crippen LogP contribution in [-0.4, -0.2) is 34.6 Å². The van der Waals surface area contributed by atoms with Crippen LogP contribution in [0.4, 0.5) is 5.69 Å². The second kappa shape index (κ2) is 7.96. The van der Waals surface area contributed by atoms with Crippen molar-refractivity contribution < 1.29 is 14.3 Å². The molecule has 1 rings (SSSR count). The molecule has 7 heteroatoms. The van der Waals surface area contributed by atoms with Crippen LogP contribution in [0.25, 0.3) is 0 Å². The van der Waals surface area contributed by atoms with Crippen molar-refractivity contribution >= 4 is 37.5 Å². The first-order valence-electron chi connectivity index (χ1n) is 5.00. The van der Waals surface area contributed by atoms with Crippen LogP contribution in [-0.2, 0) is 0 Å². The fourth-order valence-corrected chi connectivity index (χ4v) is 2.10. The fraction of sp³-hybridized carbons (Fsp3) is 0.400. The van der Waals surface area contributed by atoms with Crippen LogP contribution in [0.5, 0.6) is 5.75 Å². The van der Waals surface area contributed by atoms with Gasteiger partial charge in [-0.2, -0.15) is 0 Å². The van der Waals surface area contributed by atoms with Gasteiger partial charge in [0.05, 0.1) is 0 Å². The average Bonchev–Trinajstić information content (AvgIpc) is 2.29. The lowest BCUT2D eigenvalue weighted by Crippen LogP contribution is -2.27. The third-order valence-corrected chi connectivity index (χ3v) is 2.81. The molecule has 0 radical (unpaired) electrons. The molecule has 0 saturated heterocycles. The van der Waals surface area contributed by atoms with Crippen molar-refractivity contribution in [1.29, 1.82) is 0 Å². The number of anilines is 1. The molecule has 17 heavy (non-hydrogen) atoms. The van der Waals surface area contributed by atoms with Gasteiger partial charge in [-0.3, -0.25) is 0 Å². The summed E-state index contributed by atoms with van der Waals surface area (Å²) in [7, 11) is -2.37. The number of benzene rings is 1. The minimum atomic E-state index is -2.37. The summed E-state index contributed by atoms with van der Waals surface area (Å²) in [5.41, 5.74) is 0.971. The predicted octanol–water partition coefficient (Wildman–Crippen LogP) is 2.56. The fourth-order valence-electron chi connectivity index (χ4n) is 1.39. The third-order valence-electron chi connectivity index (χ3n) is 2.10. The Hall–Kier alpha value is -0.250. The molecule has 4 nitrogen and oxygen atoms in total. The van der Waals surface area contributed by atoms with Gasteiger partial charge >= 0.3 is 8.60 Å². The van der Waals surface area contributed by atoms with E-state index in [9.17, 15) is 0 Å². The zero-order chi connectivity index (χ0) is 12.7. The molecule has 0 spiro atoms. The Kier molecular flexibility index (Phi) is 6.93. The maximum atomic E-state index is 8.71. The van der Waals surface area contributed by atoms with E-state index in [4.69, 9.17) is 37.5 Å². The molecule has 0 unspecified atom stereocenters. The molecule has 0 aliphatic carbocycles. The summed E-state index contributed by atoms with van der Waals surface area (Å²) in [6.45, 7) is 1.42. The highest BCUT2D eigenvalue weighted by molar-refractivity contribution is 7.39. The van der Waals surface area contributed by atoms with E-state index in [1.807, 2.05) is 17.0 Å². The quantitative estimate of drug-likeness (QED) is 0.600. The topological polar surface area (TPSA) is 52.9 Å². The number of halogens is 2. The highest BCUT2D eigenvalue weighted by Crippen LogP contribution is 2.30. The minimum absolute atomic E-state index is 0.418. The van der Waals surface area contributed by atoms with Gasteiger partial charge in [0.15, 0.2) is 0 Å². The van der Waals surface area contributed by atoms with Crippen LogP contribution in [0.1, 0.15) is 0 Å². The molecule has 96 valence electrons. The summed E-state index contributed by atoms with van der Waals surface area (Å²) >= 11 is 11.4. The largest absolute Gasteiger partial charge is 0.427 e. The first-order valence-corrected chi connectivity index (χ1v) is 7.23. The molecular formula is C10H14Cl2NO3P. The van der Waals surface area contributed by atoms with E-state index < -0.39 is 8.60 Å². The van der Waals surface area contributed by atoms with E-state index in [2.05, 4.69) is 0 Å². The highest BCUT2D eigenvalue weighted by Gasteiger charge is 2.07. The molecule has 1 aromatic carbocycles. The Bertz CT molecular complexity index is 318. The number of alkyl halides is 2. The third kappa shape index (κ3) is 5.28. The first kappa shape index (κ1) is 14.8. The molecule has 0 fully saturated rings. The molecule has 0 aliphatic heterocycles. The van der Waals surface area contributed by atoms with Gasteiger partial charge in [-0.15, -0.1) is 23.2 Å². The molecule has 1 aromatic rings. The van der Waals surface area contributed by atoms with Crippen LogP contribution < -0.4 is 9.42 Å². The van der Waals surface area contributed by atoms with Gasteiger partial charge in [0, 0.05) is 30.5 Å². The second-order valence-corrected chi connectivity index (χ2v) is 4.65. The summed E-state index contributed by atoms with van der Waals surface area (Å²) in [6, 6.07) is 7.00. The Labute approximate surface area is 112 Å². The van der Waals surface area contributed by atoms with E-state index in [0.29, 0.717) is 30.6 Å². The lowest BCUT2D eigenvalue weighted by Gasteiger charge is -2.22. The van der Waals surface area contributed by atoms with E-state index in [-0.39, 0.29) is 0 Å². The Balaban J connectivity index is 2.69. The number of rotatable bonds is 7. The molecule has 0 aromatic heterocycles. The smallest absolute Gasteiger partial charge is 0.391 e. The first-order chi connectivity index (χ1) is 8.17. The number of hydrogen-bond acceptors (Lipinski definition) is 4. The zero-order valence-corrected chi connectivity index (χ0v) is 11.5. The Morgan fingerprint density at radius 3 is 2.00 bits per heavy atom. The zero-order valence-electron chi connectivity index (χ0n) is 9.09. The molecule has 0 aliphatic rings. The van der Waals surface area contributed by atoms with E-state index in [1.165, 1.54) is 0 Å². The molecule has 0 bridgehead atoms. The van der Waals surface area contributed by atoms with Gasteiger partial charge in [-0.05, 0) is 24.3 Å². The van der Waals surface area contributed by atoms with E-state index in [0.717, 1.165) is 5.69 Å².